The number of hydrogen-bond donors (Lipinski definition) is 1. The van der Waals surface area contributed by atoms with E-state index in [-0.39, 0.29) is 5.91 Å². The summed E-state index contributed by atoms with van der Waals surface area (Å²) in [5.74, 6) is 2.53. The smallest absolute Gasteiger partial charge is 0.289 e. The summed E-state index contributed by atoms with van der Waals surface area (Å²) in [6, 6.07) is 5.14. The predicted octanol–water partition coefficient (Wildman–Crippen LogP) is 1.47. The summed E-state index contributed by atoms with van der Waals surface area (Å²) >= 11 is 0. The molecule has 1 saturated heterocycles. The topological polar surface area (TPSA) is 113 Å². The van der Waals surface area contributed by atoms with Crippen molar-refractivity contribution in [1.82, 2.24) is 25.2 Å². The lowest BCUT2D eigenvalue weighted by molar-refractivity contribution is 0.0714. The van der Waals surface area contributed by atoms with Crippen LogP contribution in [0.3, 0.4) is 0 Å². The van der Waals surface area contributed by atoms with E-state index in [1.165, 1.54) is 12.5 Å². The van der Waals surface area contributed by atoms with E-state index in [9.17, 15) is 4.79 Å². The normalized spacial score (nSPS) is 14.5. The molecule has 0 saturated carbocycles. The number of carbonyl (C=O) groups is 1. The van der Waals surface area contributed by atoms with Crippen molar-refractivity contribution in [3.63, 3.8) is 0 Å². The third-order valence-electron chi connectivity index (χ3n) is 4.01. The number of aryl methyl sites for hydroxylation is 1. The zero-order valence-corrected chi connectivity index (χ0v) is 14.1. The first-order valence-electron chi connectivity index (χ1n) is 8.17. The van der Waals surface area contributed by atoms with Gasteiger partial charge in [0, 0.05) is 32.2 Å². The number of furan rings is 1. The molecule has 0 atom stereocenters. The molecule has 0 unspecified atom stereocenters. The summed E-state index contributed by atoms with van der Waals surface area (Å²) in [7, 11) is 0. The van der Waals surface area contributed by atoms with Gasteiger partial charge in [0.15, 0.2) is 17.4 Å². The largest absolute Gasteiger partial charge is 0.459 e. The minimum atomic E-state index is -0.106. The number of piperazine rings is 1. The highest BCUT2D eigenvalue weighted by molar-refractivity contribution is 5.91. The molecule has 1 fully saturated rings. The first-order valence-corrected chi connectivity index (χ1v) is 8.17. The minimum Gasteiger partial charge on any atom is -0.459 e. The molecule has 0 radical (unpaired) electrons. The zero-order chi connectivity index (χ0) is 17.9. The number of aromatic nitrogens is 4. The Morgan fingerprint density at radius 3 is 2.77 bits per heavy atom. The maximum Gasteiger partial charge on any atom is 0.289 e. The van der Waals surface area contributed by atoms with E-state index in [2.05, 4.69) is 25.7 Å². The lowest BCUT2D eigenvalue weighted by Gasteiger charge is -2.34. The van der Waals surface area contributed by atoms with E-state index in [0.29, 0.717) is 55.3 Å². The van der Waals surface area contributed by atoms with Crippen molar-refractivity contribution in [3.8, 4) is 0 Å². The van der Waals surface area contributed by atoms with Gasteiger partial charge in [0.05, 0.1) is 12.5 Å². The highest BCUT2D eigenvalue weighted by Gasteiger charge is 2.25. The molecule has 3 aromatic rings. The lowest BCUT2D eigenvalue weighted by Crippen LogP contribution is -2.49. The molecule has 0 bridgehead atoms. The molecule has 3 aromatic heterocycles. The van der Waals surface area contributed by atoms with Crippen molar-refractivity contribution in [2.45, 2.75) is 6.92 Å². The van der Waals surface area contributed by atoms with Crippen molar-refractivity contribution >= 4 is 23.5 Å². The maximum atomic E-state index is 12.3. The Hall–Kier alpha value is -3.43. The average Bonchev–Trinajstić information content (AvgIpc) is 3.34. The van der Waals surface area contributed by atoms with Crippen LogP contribution in [0, 0.1) is 6.92 Å². The van der Waals surface area contributed by atoms with Crippen molar-refractivity contribution in [3.05, 3.63) is 42.2 Å². The Bertz CT molecular complexity index is 885. The number of carbonyl (C=O) groups excluding carboxylic acids is 1. The second-order valence-corrected chi connectivity index (χ2v) is 5.85. The molecule has 1 aliphatic rings. The molecule has 4 rings (SSSR count). The molecule has 0 aliphatic carbocycles. The zero-order valence-electron chi connectivity index (χ0n) is 14.1. The molecular formula is C16H17N7O3. The van der Waals surface area contributed by atoms with Crippen LogP contribution in [0.2, 0.25) is 0 Å². The summed E-state index contributed by atoms with van der Waals surface area (Å²) in [4.78, 5) is 20.5. The second-order valence-electron chi connectivity index (χ2n) is 5.85. The monoisotopic (exact) mass is 355 g/mol. The fourth-order valence-corrected chi connectivity index (χ4v) is 2.71. The van der Waals surface area contributed by atoms with Gasteiger partial charge in [0.2, 0.25) is 5.95 Å². The van der Waals surface area contributed by atoms with E-state index in [1.807, 2.05) is 11.8 Å². The molecule has 4 heterocycles. The average molecular weight is 355 g/mol. The third kappa shape index (κ3) is 3.34. The van der Waals surface area contributed by atoms with Crippen LogP contribution in [0.1, 0.15) is 16.3 Å². The van der Waals surface area contributed by atoms with E-state index >= 15 is 0 Å². The van der Waals surface area contributed by atoms with Crippen molar-refractivity contribution < 1.29 is 13.7 Å². The highest BCUT2D eigenvalue weighted by atomic mass is 16.5. The lowest BCUT2D eigenvalue weighted by atomic mass is 10.3. The van der Waals surface area contributed by atoms with Gasteiger partial charge in [-0.25, -0.2) is 0 Å². The fourth-order valence-electron chi connectivity index (χ4n) is 2.71. The van der Waals surface area contributed by atoms with E-state index in [0.717, 1.165) is 0 Å². The van der Waals surface area contributed by atoms with Gasteiger partial charge in [0.1, 0.15) is 5.76 Å². The van der Waals surface area contributed by atoms with Gasteiger partial charge in [-0.05, 0) is 19.1 Å². The van der Waals surface area contributed by atoms with Crippen LogP contribution >= 0.6 is 0 Å². The Morgan fingerprint density at radius 1 is 1.23 bits per heavy atom. The molecule has 10 heteroatoms. The Morgan fingerprint density at radius 2 is 2.08 bits per heavy atom. The van der Waals surface area contributed by atoms with Crippen LogP contribution in [0.5, 0.6) is 0 Å². The SMILES string of the molecule is Cc1cc(Nc2cnnc(N3CCN(C(=O)c4ccco4)CC3)n2)no1. The number of rotatable bonds is 4. The summed E-state index contributed by atoms with van der Waals surface area (Å²) in [6.07, 6.45) is 3.02. The predicted molar refractivity (Wildman–Crippen MR) is 91.2 cm³/mol. The Balaban J connectivity index is 1.40. The molecule has 134 valence electrons. The van der Waals surface area contributed by atoms with Gasteiger partial charge < -0.3 is 24.1 Å². The summed E-state index contributed by atoms with van der Waals surface area (Å²) < 4.78 is 10.2. The summed E-state index contributed by atoms with van der Waals surface area (Å²) in [5.41, 5.74) is 0. The molecule has 26 heavy (non-hydrogen) atoms. The molecule has 1 amide bonds. The van der Waals surface area contributed by atoms with E-state index < -0.39 is 0 Å². The van der Waals surface area contributed by atoms with E-state index in [4.69, 9.17) is 8.94 Å². The van der Waals surface area contributed by atoms with Crippen molar-refractivity contribution in [1.29, 1.82) is 0 Å². The Labute approximate surface area is 148 Å². The number of nitrogens with zero attached hydrogens (tertiary/aromatic N) is 6. The van der Waals surface area contributed by atoms with Crippen molar-refractivity contribution in [2.75, 3.05) is 36.4 Å². The number of nitrogens with one attached hydrogen (secondary N) is 1. The molecule has 0 aromatic carbocycles. The highest BCUT2D eigenvalue weighted by Crippen LogP contribution is 2.17. The van der Waals surface area contributed by atoms with Gasteiger partial charge in [-0.15, -0.1) is 5.10 Å². The van der Waals surface area contributed by atoms with Gasteiger partial charge in [-0.2, -0.15) is 10.1 Å². The van der Waals surface area contributed by atoms with Crippen molar-refractivity contribution in [2.24, 2.45) is 0 Å². The van der Waals surface area contributed by atoms with E-state index in [1.54, 1.807) is 23.1 Å². The number of amides is 1. The molecule has 0 spiro atoms. The third-order valence-corrected chi connectivity index (χ3v) is 4.01. The van der Waals surface area contributed by atoms with Crippen LogP contribution in [0.15, 0.2) is 39.6 Å². The summed E-state index contributed by atoms with van der Waals surface area (Å²) in [5, 5.41) is 15.0. The number of anilines is 3. The van der Waals surface area contributed by atoms with Crippen LogP contribution in [-0.2, 0) is 0 Å². The molecule has 1 aliphatic heterocycles. The minimum absolute atomic E-state index is 0.106. The standard InChI is InChI=1S/C16H17N7O3/c1-11-9-13(21-26-11)18-14-10-17-20-16(19-14)23-6-4-22(5-7-23)15(24)12-3-2-8-25-12/h2-3,8-10H,4-7H2,1H3,(H,18,19,20,21). The van der Waals surface area contributed by atoms with Gasteiger partial charge in [-0.3, -0.25) is 4.79 Å². The van der Waals surface area contributed by atoms with Gasteiger partial charge in [0.25, 0.3) is 5.91 Å². The van der Waals surface area contributed by atoms with Crippen LogP contribution in [0.4, 0.5) is 17.6 Å². The molecule has 1 N–H and O–H groups in total. The van der Waals surface area contributed by atoms with Crippen LogP contribution in [0.25, 0.3) is 0 Å². The Kier molecular flexibility index (Phi) is 4.22. The van der Waals surface area contributed by atoms with Gasteiger partial charge in [-0.1, -0.05) is 5.16 Å². The van der Waals surface area contributed by atoms with Crippen LogP contribution < -0.4 is 10.2 Å². The summed E-state index contributed by atoms with van der Waals surface area (Å²) in [6.45, 7) is 4.15. The first kappa shape index (κ1) is 16.1. The van der Waals surface area contributed by atoms with Gasteiger partial charge >= 0.3 is 0 Å². The fraction of sp³-hybridized carbons (Fsp3) is 0.312. The number of hydrogen-bond acceptors (Lipinski definition) is 9. The second kappa shape index (κ2) is 6.82. The molecule has 10 nitrogen and oxygen atoms in total. The molecular weight excluding hydrogens is 338 g/mol. The first-order chi connectivity index (χ1) is 12.7. The van der Waals surface area contributed by atoms with Crippen LogP contribution in [-0.4, -0.2) is 57.3 Å². The maximum absolute atomic E-state index is 12.3. The quantitative estimate of drug-likeness (QED) is 0.743.